The van der Waals surface area contributed by atoms with E-state index in [0.29, 0.717) is 0 Å². The van der Waals surface area contributed by atoms with Crippen molar-refractivity contribution in [2.45, 2.75) is 12.1 Å². The second-order valence-corrected chi connectivity index (χ2v) is 26.3. The summed E-state index contributed by atoms with van der Waals surface area (Å²) in [5.74, 6) is 0. The standard InChI is InChI=1S/C42H28Cl4Si2/c43-35-21-17-27-9-1-5-13-31(27)39(35)47(40-32-14-6-2-10-28(32)18-22-36(40)44)25-26-48(47,41-33-15-7-3-11-29(33)19-23-37(41)45)42-34-16-8-4-12-30(34)20-24-38(42)46/h1-24H,25-26H2. The predicted octanol–water partition coefficient (Wildman–Crippen LogP) is 10.8. The summed E-state index contributed by atoms with van der Waals surface area (Å²) < 4.78 is 0. The van der Waals surface area contributed by atoms with Gasteiger partial charge in [0, 0.05) is 20.1 Å². The van der Waals surface area contributed by atoms with E-state index in [1.807, 2.05) is 0 Å². The molecule has 8 aromatic carbocycles. The van der Waals surface area contributed by atoms with E-state index < -0.39 is 15.2 Å². The Bertz CT molecular complexity index is 2240. The van der Waals surface area contributed by atoms with Gasteiger partial charge in [-0.1, -0.05) is 180 Å². The summed E-state index contributed by atoms with van der Waals surface area (Å²) in [5, 5.41) is 17.5. The van der Waals surface area contributed by atoms with Gasteiger partial charge in [0.15, 0.2) is 0 Å². The number of halogens is 4. The molecular formula is C42H28Cl4Si2. The Morgan fingerprint density at radius 1 is 0.292 bits per heavy atom. The summed E-state index contributed by atoms with van der Waals surface area (Å²) in [5.41, 5.74) is 0. The fraction of sp³-hybridized carbons (Fsp3) is 0.0476. The minimum Gasteiger partial charge on any atom is -0.0844 e. The van der Waals surface area contributed by atoms with E-state index >= 15 is 0 Å². The molecule has 9 rings (SSSR count). The van der Waals surface area contributed by atoms with Gasteiger partial charge in [-0.3, -0.25) is 0 Å². The zero-order valence-electron chi connectivity index (χ0n) is 25.8. The Balaban J connectivity index is 1.60. The molecule has 0 radical (unpaired) electrons. The Morgan fingerprint density at radius 2 is 0.521 bits per heavy atom. The molecule has 0 amide bonds. The zero-order chi connectivity index (χ0) is 32.6. The van der Waals surface area contributed by atoms with Gasteiger partial charge in [0.1, 0.15) is 15.2 Å². The first-order valence-corrected chi connectivity index (χ1v) is 23.1. The summed E-state index contributed by atoms with van der Waals surface area (Å²) in [4.78, 5) is 0. The average Bonchev–Trinajstić information content (AvgIpc) is 3.11. The minimum absolute atomic E-state index is 0.786. The average molecular weight is 731 g/mol. The maximum absolute atomic E-state index is 7.62. The third-order valence-corrected chi connectivity index (χ3v) is 31.1. The van der Waals surface area contributed by atoms with Crippen LogP contribution in [0.3, 0.4) is 0 Å². The highest BCUT2D eigenvalue weighted by Gasteiger charge is 2.69. The van der Waals surface area contributed by atoms with Crippen LogP contribution >= 0.6 is 46.4 Å². The van der Waals surface area contributed by atoms with Crippen molar-refractivity contribution in [3.05, 3.63) is 166 Å². The quantitative estimate of drug-likeness (QED) is 0.158. The zero-order valence-corrected chi connectivity index (χ0v) is 30.8. The Hall–Kier alpha value is -3.61. The molecule has 1 aliphatic rings. The lowest BCUT2D eigenvalue weighted by Gasteiger charge is -2.59. The van der Waals surface area contributed by atoms with Crippen LogP contribution in [0.2, 0.25) is 32.2 Å². The largest absolute Gasteiger partial charge is 0.126 e. The van der Waals surface area contributed by atoms with Gasteiger partial charge >= 0.3 is 0 Å². The van der Waals surface area contributed by atoms with Crippen molar-refractivity contribution < 1.29 is 0 Å². The number of rotatable bonds is 4. The van der Waals surface area contributed by atoms with Gasteiger partial charge in [-0.25, -0.2) is 0 Å². The summed E-state index contributed by atoms with van der Waals surface area (Å²) in [6.07, 6.45) is 0. The van der Waals surface area contributed by atoms with Crippen LogP contribution in [0.15, 0.2) is 146 Å². The molecule has 1 fully saturated rings. The van der Waals surface area contributed by atoms with E-state index in [1.54, 1.807) is 0 Å². The fourth-order valence-electron chi connectivity index (χ4n) is 8.94. The highest BCUT2D eigenvalue weighted by atomic mass is 35.5. The highest BCUT2D eigenvalue weighted by Crippen LogP contribution is 2.48. The number of hydrogen-bond acceptors (Lipinski definition) is 0. The SMILES string of the molecule is Clc1ccc2ccccc2c1[Si]1(c2c(Cl)ccc3ccccc23)CC[Si]1(c1c(Cl)ccc2ccccc12)c1c(Cl)ccc2ccccc12. The topological polar surface area (TPSA) is 0 Å². The minimum atomic E-state index is -3.07. The molecule has 0 saturated carbocycles. The molecule has 1 aliphatic heterocycles. The van der Waals surface area contributed by atoms with Crippen LogP contribution in [0.1, 0.15) is 0 Å². The van der Waals surface area contributed by atoms with Crippen molar-refractivity contribution in [2.24, 2.45) is 0 Å². The lowest BCUT2D eigenvalue weighted by atomic mass is 10.1. The number of hydrogen-bond donors (Lipinski definition) is 0. The van der Waals surface area contributed by atoms with Crippen molar-refractivity contribution in [3.63, 3.8) is 0 Å². The lowest BCUT2D eigenvalue weighted by Crippen LogP contribution is -2.92. The van der Waals surface area contributed by atoms with Gasteiger partial charge in [-0.2, -0.15) is 0 Å². The van der Waals surface area contributed by atoms with E-state index in [4.69, 9.17) is 46.4 Å². The van der Waals surface area contributed by atoms with Crippen LogP contribution in [0.25, 0.3) is 43.1 Å². The van der Waals surface area contributed by atoms with E-state index in [2.05, 4.69) is 146 Å². The van der Waals surface area contributed by atoms with Gasteiger partial charge in [-0.05, 0) is 88.1 Å². The van der Waals surface area contributed by atoms with Crippen LogP contribution < -0.4 is 20.7 Å². The van der Waals surface area contributed by atoms with Crippen molar-refractivity contribution in [2.75, 3.05) is 0 Å². The molecule has 0 N–H and O–H groups in total. The predicted molar refractivity (Wildman–Crippen MR) is 215 cm³/mol. The first kappa shape index (κ1) is 30.5. The van der Waals surface area contributed by atoms with Crippen molar-refractivity contribution in [1.29, 1.82) is 0 Å². The maximum Gasteiger partial charge on any atom is 0.126 e. The first-order chi connectivity index (χ1) is 23.5. The van der Waals surface area contributed by atoms with Gasteiger partial charge in [-0.15, -0.1) is 0 Å². The molecular weight excluding hydrogens is 702 g/mol. The van der Waals surface area contributed by atoms with Crippen molar-refractivity contribution in [3.8, 4) is 0 Å². The van der Waals surface area contributed by atoms with Crippen LogP contribution in [0.5, 0.6) is 0 Å². The molecule has 0 unspecified atom stereocenters. The molecule has 0 aliphatic carbocycles. The smallest absolute Gasteiger partial charge is 0.0844 e. The molecule has 0 spiro atoms. The van der Waals surface area contributed by atoms with E-state index in [0.717, 1.165) is 32.2 Å². The Labute approximate surface area is 301 Å². The second-order valence-electron chi connectivity index (χ2n) is 12.9. The third kappa shape index (κ3) is 4.14. The molecule has 8 aromatic rings. The van der Waals surface area contributed by atoms with Gasteiger partial charge in [0.25, 0.3) is 0 Å². The van der Waals surface area contributed by atoms with Crippen LogP contribution in [-0.4, -0.2) is 15.2 Å². The van der Waals surface area contributed by atoms with Crippen molar-refractivity contribution >= 4 is 125 Å². The Kier molecular flexibility index (Phi) is 7.29. The van der Waals surface area contributed by atoms with Gasteiger partial charge in [0.2, 0.25) is 0 Å². The monoisotopic (exact) mass is 728 g/mol. The molecule has 1 saturated heterocycles. The lowest BCUT2D eigenvalue weighted by molar-refractivity contribution is 1.29. The summed E-state index contributed by atoms with van der Waals surface area (Å²) in [6, 6.07) is 53.6. The van der Waals surface area contributed by atoms with Crippen LogP contribution in [0.4, 0.5) is 0 Å². The fourth-order valence-corrected chi connectivity index (χ4v) is 33.8. The third-order valence-electron chi connectivity index (χ3n) is 10.8. The maximum atomic E-state index is 7.62. The van der Waals surface area contributed by atoms with Gasteiger partial charge < -0.3 is 0 Å². The first-order valence-electron chi connectivity index (χ1n) is 16.2. The molecule has 232 valence electrons. The normalized spacial score (nSPS) is 15.2. The molecule has 6 heteroatoms. The van der Waals surface area contributed by atoms with Crippen LogP contribution in [0, 0.1) is 0 Å². The van der Waals surface area contributed by atoms with E-state index in [1.165, 1.54) is 63.8 Å². The van der Waals surface area contributed by atoms with Gasteiger partial charge in [0.05, 0.1) is 0 Å². The highest BCUT2D eigenvalue weighted by molar-refractivity contribution is 7.64. The van der Waals surface area contributed by atoms with Crippen LogP contribution in [-0.2, 0) is 0 Å². The molecule has 48 heavy (non-hydrogen) atoms. The summed E-state index contributed by atoms with van der Waals surface area (Å²) in [7, 11) is -6.13. The van der Waals surface area contributed by atoms with E-state index in [9.17, 15) is 0 Å². The van der Waals surface area contributed by atoms with Crippen molar-refractivity contribution in [1.82, 2.24) is 0 Å². The summed E-state index contributed by atoms with van der Waals surface area (Å²) >= 11 is 30.5. The molecule has 0 nitrogen and oxygen atoms in total. The summed E-state index contributed by atoms with van der Waals surface area (Å²) in [6.45, 7) is 0. The molecule has 0 aromatic heterocycles. The van der Waals surface area contributed by atoms with E-state index in [-0.39, 0.29) is 0 Å². The molecule has 1 heterocycles. The number of benzene rings is 8. The Morgan fingerprint density at radius 3 is 0.750 bits per heavy atom. The molecule has 0 bridgehead atoms. The number of fused-ring (bicyclic) bond motifs is 4. The second kappa shape index (κ2) is 11.5. The molecule has 0 atom stereocenters.